The van der Waals surface area contributed by atoms with Crippen LogP contribution in [0, 0.1) is 10.1 Å². The third-order valence-electron chi connectivity index (χ3n) is 5.14. The number of fused-ring (bicyclic) bond motifs is 2. The quantitative estimate of drug-likeness (QED) is 0.233. The van der Waals surface area contributed by atoms with Gasteiger partial charge in [0.05, 0.1) is 22.2 Å². The molecule has 0 bridgehead atoms. The van der Waals surface area contributed by atoms with Gasteiger partial charge in [0.25, 0.3) is 11.6 Å². The molecule has 166 valence electrons. The number of para-hydroxylation sites is 3. The molecule has 0 aliphatic carbocycles. The number of carbonyl (C=O) groups is 1. The molecule has 0 aliphatic rings. The van der Waals surface area contributed by atoms with Gasteiger partial charge in [-0.3, -0.25) is 14.9 Å². The molecule has 2 heterocycles. The van der Waals surface area contributed by atoms with E-state index in [1.807, 2.05) is 18.2 Å². The summed E-state index contributed by atoms with van der Waals surface area (Å²) in [7, 11) is 0. The van der Waals surface area contributed by atoms with Gasteiger partial charge in [0.2, 0.25) is 0 Å². The van der Waals surface area contributed by atoms with Gasteiger partial charge in [-0.1, -0.05) is 42.5 Å². The number of rotatable bonds is 5. The number of aromatic nitrogens is 3. The Morgan fingerprint density at radius 1 is 1.00 bits per heavy atom. The largest absolute Gasteiger partial charge is 0.383 e. The lowest BCUT2D eigenvalue weighted by Gasteiger charge is -2.05. The molecule has 3 aromatic carbocycles. The van der Waals surface area contributed by atoms with Gasteiger partial charge in [-0.15, -0.1) is 0 Å². The van der Waals surface area contributed by atoms with Crippen LogP contribution in [0.1, 0.15) is 15.9 Å². The van der Waals surface area contributed by atoms with Crippen molar-refractivity contribution in [3.05, 3.63) is 100 Å². The number of non-ortho nitro benzene ring substituents is 1. The monoisotopic (exact) mass is 451 g/mol. The summed E-state index contributed by atoms with van der Waals surface area (Å²) in [5.74, 6) is -0.414. The first-order chi connectivity index (χ1) is 16.5. The zero-order valence-corrected chi connectivity index (χ0v) is 17.6. The van der Waals surface area contributed by atoms with Gasteiger partial charge in [0.1, 0.15) is 16.9 Å². The molecule has 34 heavy (non-hydrogen) atoms. The summed E-state index contributed by atoms with van der Waals surface area (Å²) in [6, 6.07) is 22.2. The van der Waals surface area contributed by atoms with E-state index in [1.54, 1.807) is 48.5 Å². The molecule has 10 heteroatoms. The highest BCUT2D eigenvalue weighted by Gasteiger charge is 2.24. The van der Waals surface area contributed by atoms with E-state index in [0.29, 0.717) is 27.8 Å². The van der Waals surface area contributed by atoms with Crippen LogP contribution in [0.25, 0.3) is 22.2 Å². The van der Waals surface area contributed by atoms with E-state index in [-0.39, 0.29) is 22.7 Å². The average Bonchev–Trinajstić information content (AvgIpc) is 3.12. The number of nitro benzene ring substituents is 1. The van der Waals surface area contributed by atoms with Crippen LogP contribution in [0.2, 0.25) is 0 Å². The predicted molar refractivity (Wildman–Crippen MR) is 130 cm³/mol. The number of nitrogens with two attached hydrogens (primary N) is 1. The summed E-state index contributed by atoms with van der Waals surface area (Å²) < 4.78 is 1.31. The first-order valence-corrected chi connectivity index (χ1v) is 10.2. The smallest absolute Gasteiger partial charge is 0.270 e. The Morgan fingerprint density at radius 2 is 1.71 bits per heavy atom. The van der Waals surface area contributed by atoms with Gasteiger partial charge in [-0.05, 0) is 24.3 Å². The van der Waals surface area contributed by atoms with Gasteiger partial charge in [-0.2, -0.15) is 9.78 Å². The Bertz CT molecular complexity index is 1590. The maximum Gasteiger partial charge on any atom is 0.270 e. The number of nitrogen functional groups attached to an aromatic ring is 1. The molecule has 10 nitrogen and oxygen atoms in total. The van der Waals surface area contributed by atoms with Crippen molar-refractivity contribution in [1.29, 1.82) is 0 Å². The molecule has 2 aromatic heterocycles. The van der Waals surface area contributed by atoms with Crippen molar-refractivity contribution in [3.63, 3.8) is 0 Å². The van der Waals surface area contributed by atoms with Crippen LogP contribution in [0.3, 0.4) is 0 Å². The summed E-state index contributed by atoms with van der Waals surface area (Å²) in [5, 5.41) is 18.3. The molecule has 3 N–H and O–H groups in total. The van der Waals surface area contributed by atoms with Gasteiger partial charge in [-0.25, -0.2) is 9.97 Å². The Balaban J connectivity index is 1.66. The molecule has 0 aliphatic heterocycles. The van der Waals surface area contributed by atoms with Crippen molar-refractivity contribution in [2.45, 2.75) is 0 Å². The third-order valence-corrected chi connectivity index (χ3v) is 5.14. The Kier molecular flexibility index (Phi) is 5.15. The van der Waals surface area contributed by atoms with Gasteiger partial charge in [0.15, 0.2) is 5.65 Å². The summed E-state index contributed by atoms with van der Waals surface area (Å²) in [5.41, 5.74) is 9.31. The Labute approximate surface area is 192 Å². The van der Waals surface area contributed by atoms with Gasteiger partial charge >= 0.3 is 0 Å². The van der Waals surface area contributed by atoms with Gasteiger partial charge in [0, 0.05) is 23.4 Å². The topological polar surface area (TPSA) is 141 Å². The number of carbonyl (C=O) groups excluding carboxylic acids is 1. The second-order valence-corrected chi connectivity index (χ2v) is 7.37. The lowest BCUT2D eigenvalue weighted by Crippen LogP contribution is -2.14. The van der Waals surface area contributed by atoms with E-state index in [0.717, 1.165) is 0 Å². The molecule has 0 unspecified atom stereocenters. The number of nitro groups is 1. The lowest BCUT2D eigenvalue weighted by molar-refractivity contribution is -0.384. The molecular weight excluding hydrogens is 434 g/mol. The molecular formula is C24H17N7O3. The average molecular weight is 451 g/mol. The maximum absolute atomic E-state index is 13.2. The van der Waals surface area contributed by atoms with Crippen LogP contribution in [0.15, 0.2) is 84.0 Å². The highest BCUT2D eigenvalue weighted by molar-refractivity contribution is 6.16. The molecule has 1 amide bonds. The summed E-state index contributed by atoms with van der Waals surface area (Å²) in [4.78, 5) is 33.0. The van der Waals surface area contributed by atoms with E-state index in [1.165, 1.54) is 23.0 Å². The second-order valence-electron chi connectivity index (χ2n) is 7.37. The lowest BCUT2D eigenvalue weighted by atomic mass is 10.2. The minimum atomic E-state index is -0.486. The van der Waals surface area contributed by atoms with Crippen LogP contribution < -0.4 is 11.1 Å². The molecule has 5 aromatic rings. The summed E-state index contributed by atoms with van der Waals surface area (Å²) >= 11 is 0. The molecule has 5 rings (SSSR count). The minimum absolute atomic E-state index is 0.0421. The van der Waals surface area contributed by atoms with Crippen LogP contribution in [0.4, 0.5) is 17.2 Å². The summed E-state index contributed by atoms with van der Waals surface area (Å²) in [6.07, 6.45) is 1.42. The van der Waals surface area contributed by atoms with Gasteiger partial charge < -0.3 is 11.1 Å². The van der Waals surface area contributed by atoms with E-state index < -0.39 is 10.8 Å². The second kappa shape index (κ2) is 8.43. The van der Waals surface area contributed by atoms with Crippen molar-refractivity contribution >= 4 is 51.5 Å². The number of amides is 1. The van der Waals surface area contributed by atoms with Crippen molar-refractivity contribution in [1.82, 2.24) is 14.6 Å². The van der Waals surface area contributed by atoms with E-state index in [4.69, 9.17) is 5.73 Å². The fourth-order valence-corrected chi connectivity index (χ4v) is 3.55. The van der Waals surface area contributed by atoms with Crippen LogP contribution in [-0.4, -0.2) is 31.7 Å². The number of hydrogen-bond donors (Lipinski definition) is 2. The van der Waals surface area contributed by atoms with Crippen molar-refractivity contribution in [2.75, 3.05) is 11.1 Å². The standard InChI is InChI=1S/C24H17N7O3/c25-22-20(24(32)27-16-8-2-1-3-9-16)21-23(29-19-12-5-4-11-18(19)28-21)30(22)26-14-15-7-6-10-17(13-15)31(33)34/h1-14H,25H2,(H,27,32)/b26-14-. The Morgan fingerprint density at radius 3 is 2.44 bits per heavy atom. The number of nitrogens with zero attached hydrogens (tertiary/aromatic N) is 5. The number of nitrogens with one attached hydrogen (secondary N) is 1. The highest BCUT2D eigenvalue weighted by atomic mass is 16.6. The maximum atomic E-state index is 13.2. The fourth-order valence-electron chi connectivity index (χ4n) is 3.55. The molecule has 0 fully saturated rings. The highest BCUT2D eigenvalue weighted by Crippen LogP contribution is 2.28. The van der Waals surface area contributed by atoms with Crippen LogP contribution in [-0.2, 0) is 0 Å². The first-order valence-electron chi connectivity index (χ1n) is 10.2. The number of anilines is 2. The number of hydrogen-bond acceptors (Lipinski definition) is 7. The molecule has 0 saturated carbocycles. The van der Waals surface area contributed by atoms with Crippen molar-refractivity contribution in [2.24, 2.45) is 5.10 Å². The van der Waals surface area contributed by atoms with E-state index >= 15 is 0 Å². The predicted octanol–water partition coefficient (Wildman–Crippen LogP) is 4.21. The van der Waals surface area contributed by atoms with Crippen molar-refractivity contribution < 1.29 is 9.72 Å². The molecule has 0 atom stereocenters. The number of benzene rings is 3. The van der Waals surface area contributed by atoms with E-state index in [9.17, 15) is 14.9 Å². The molecule has 0 spiro atoms. The SMILES string of the molecule is Nc1c(C(=O)Nc2ccccc2)c2nc3ccccc3nc2n1/N=C\c1cccc([N+](=O)[O-])c1. The molecule has 0 radical (unpaired) electrons. The van der Waals surface area contributed by atoms with Crippen LogP contribution >= 0.6 is 0 Å². The first kappa shape index (κ1) is 20.8. The van der Waals surface area contributed by atoms with Crippen molar-refractivity contribution in [3.8, 4) is 0 Å². The third kappa shape index (κ3) is 3.79. The normalized spacial score (nSPS) is 11.3. The van der Waals surface area contributed by atoms with E-state index in [2.05, 4.69) is 20.4 Å². The molecule has 0 saturated heterocycles. The minimum Gasteiger partial charge on any atom is -0.383 e. The zero-order valence-electron chi connectivity index (χ0n) is 17.6. The van der Waals surface area contributed by atoms with Crippen LogP contribution in [0.5, 0.6) is 0 Å². The Hall–Kier alpha value is -5.12. The fraction of sp³-hybridized carbons (Fsp3) is 0. The summed E-state index contributed by atoms with van der Waals surface area (Å²) in [6.45, 7) is 0. The zero-order chi connectivity index (χ0) is 23.7.